The summed E-state index contributed by atoms with van der Waals surface area (Å²) >= 11 is 0. The zero-order chi connectivity index (χ0) is 22.1. The van der Waals surface area contributed by atoms with Crippen LogP contribution in [0.1, 0.15) is 23.7 Å². The number of likely N-dealkylation sites (N-methyl/N-ethyl adjacent to an activating group) is 1. The van der Waals surface area contributed by atoms with Crippen molar-refractivity contribution >= 4 is 34.2 Å². The number of carbonyl (C=O) groups is 3. The molecule has 3 aromatic rings. The Balaban J connectivity index is 1.46. The molecule has 0 saturated carbocycles. The zero-order valence-electron chi connectivity index (χ0n) is 17.3. The number of ether oxygens (including phenoxy) is 1. The molecule has 0 bridgehead atoms. The van der Waals surface area contributed by atoms with E-state index in [4.69, 9.17) is 4.74 Å². The molecule has 7 heteroatoms. The lowest BCUT2D eigenvalue weighted by Crippen LogP contribution is -2.28. The number of fused-ring (bicyclic) bond motifs is 1. The average Bonchev–Trinajstić information content (AvgIpc) is 2.77. The van der Waals surface area contributed by atoms with E-state index in [9.17, 15) is 14.4 Å². The molecule has 3 amide bonds. The predicted molar refractivity (Wildman–Crippen MR) is 120 cm³/mol. The number of carbonyl (C=O) groups excluding carboxylic acids is 3. The maximum Gasteiger partial charge on any atom is 0.257 e. The first kappa shape index (κ1) is 21.8. The van der Waals surface area contributed by atoms with E-state index in [1.807, 2.05) is 43.3 Å². The molecule has 0 heterocycles. The van der Waals surface area contributed by atoms with Gasteiger partial charge in [0.1, 0.15) is 5.75 Å². The molecule has 0 spiro atoms. The molecule has 31 heavy (non-hydrogen) atoms. The third-order valence-electron chi connectivity index (χ3n) is 4.51. The van der Waals surface area contributed by atoms with Crippen molar-refractivity contribution in [3.8, 4) is 5.75 Å². The number of amides is 3. The first-order valence-electron chi connectivity index (χ1n) is 10.1. The lowest BCUT2D eigenvalue weighted by Gasteiger charge is -2.10. The Morgan fingerprint density at radius 2 is 1.65 bits per heavy atom. The zero-order valence-corrected chi connectivity index (χ0v) is 17.3. The van der Waals surface area contributed by atoms with Crippen LogP contribution in [0.25, 0.3) is 10.8 Å². The number of benzene rings is 3. The van der Waals surface area contributed by atoms with Crippen molar-refractivity contribution in [2.75, 3.05) is 25.0 Å². The lowest BCUT2D eigenvalue weighted by atomic mass is 10.1. The van der Waals surface area contributed by atoms with Gasteiger partial charge in [0.15, 0.2) is 6.61 Å². The standard InChI is InChI=1S/C24H25N3O4/c1-2-25-23(29)16-31-21-9-5-8-20(15-21)27-22(28)12-13-26-24(30)19-11-10-17-6-3-4-7-18(17)14-19/h3-11,14-15H,2,12-13,16H2,1H3,(H,25,29)(H,26,30)(H,27,28). The molecule has 0 unspecified atom stereocenters. The Morgan fingerprint density at radius 1 is 0.839 bits per heavy atom. The molecule has 3 aromatic carbocycles. The van der Waals surface area contributed by atoms with Crippen LogP contribution in [0, 0.1) is 0 Å². The molecule has 0 saturated heterocycles. The topological polar surface area (TPSA) is 96.5 Å². The SMILES string of the molecule is CCNC(=O)COc1cccc(NC(=O)CCNC(=O)c2ccc3ccccc3c2)c1. The van der Waals surface area contributed by atoms with Gasteiger partial charge in [-0.3, -0.25) is 14.4 Å². The van der Waals surface area contributed by atoms with Crippen molar-refractivity contribution in [3.63, 3.8) is 0 Å². The maximum absolute atomic E-state index is 12.4. The summed E-state index contributed by atoms with van der Waals surface area (Å²) in [6, 6.07) is 20.1. The number of rotatable bonds is 9. The summed E-state index contributed by atoms with van der Waals surface area (Å²) in [5.41, 5.74) is 1.11. The van der Waals surface area contributed by atoms with E-state index >= 15 is 0 Å². The van der Waals surface area contributed by atoms with Crippen molar-refractivity contribution in [1.82, 2.24) is 10.6 Å². The van der Waals surface area contributed by atoms with Gasteiger partial charge in [-0.1, -0.05) is 36.4 Å². The minimum Gasteiger partial charge on any atom is -0.484 e. The second kappa shape index (κ2) is 10.8. The normalized spacial score (nSPS) is 10.4. The molecule has 0 aliphatic rings. The van der Waals surface area contributed by atoms with Gasteiger partial charge in [0.2, 0.25) is 5.91 Å². The second-order valence-electron chi connectivity index (χ2n) is 6.89. The summed E-state index contributed by atoms with van der Waals surface area (Å²) in [7, 11) is 0. The van der Waals surface area contributed by atoms with Crippen molar-refractivity contribution < 1.29 is 19.1 Å². The molecule has 0 fully saturated rings. The summed E-state index contributed by atoms with van der Waals surface area (Å²) in [5, 5.41) is 10.2. The van der Waals surface area contributed by atoms with Crippen LogP contribution in [0.5, 0.6) is 5.75 Å². The number of hydrogen-bond acceptors (Lipinski definition) is 4. The van der Waals surface area contributed by atoms with Crippen LogP contribution in [-0.2, 0) is 9.59 Å². The highest BCUT2D eigenvalue weighted by molar-refractivity contribution is 5.99. The molecular weight excluding hydrogens is 394 g/mol. The fraction of sp³-hybridized carbons (Fsp3) is 0.208. The highest BCUT2D eigenvalue weighted by Gasteiger charge is 2.09. The van der Waals surface area contributed by atoms with Crippen LogP contribution in [0.2, 0.25) is 0 Å². The van der Waals surface area contributed by atoms with Gasteiger partial charge in [0, 0.05) is 36.8 Å². The van der Waals surface area contributed by atoms with Crippen molar-refractivity contribution in [3.05, 3.63) is 72.3 Å². The Labute approximate surface area is 180 Å². The minimum atomic E-state index is -0.236. The van der Waals surface area contributed by atoms with Crippen LogP contribution in [0.3, 0.4) is 0 Å². The van der Waals surface area contributed by atoms with Gasteiger partial charge in [-0.05, 0) is 42.0 Å². The van der Waals surface area contributed by atoms with Crippen LogP contribution in [0.15, 0.2) is 66.7 Å². The minimum absolute atomic E-state index is 0.0912. The van der Waals surface area contributed by atoms with Gasteiger partial charge >= 0.3 is 0 Å². The molecule has 7 nitrogen and oxygen atoms in total. The lowest BCUT2D eigenvalue weighted by molar-refractivity contribution is -0.123. The molecule has 0 aliphatic carbocycles. The molecule has 3 rings (SSSR count). The van der Waals surface area contributed by atoms with E-state index < -0.39 is 0 Å². The Bertz CT molecular complexity index is 1080. The van der Waals surface area contributed by atoms with Crippen LogP contribution in [0.4, 0.5) is 5.69 Å². The molecule has 0 aromatic heterocycles. The van der Waals surface area contributed by atoms with E-state index in [1.54, 1.807) is 30.3 Å². The highest BCUT2D eigenvalue weighted by Crippen LogP contribution is 2.18. The Morgan fingerprint density at radius 3 is 2.45 bits per heavy atom. The molecule has 0 radical (unpaired) electrons. The molecule has 160 valence electrons. The van der Waals surface area contributed by atoms with E-state index in [-0.39, 0.29) is 37.3 Å². The van der Waals surface area contributed by atoms with Gasteiger partial charge < -0.3 is 20.7 Å². The maximum atomic E-state index is 12.4. The smallest absolute Gasteiger partial charge is 0.257 e. The third-order valence-corrected chi connectivity index (χ3v) is 4.51. The van der Waals surface area contributed by atoms with Crippen molar-refractivity contribution in [2.24, 2.45) is 0 Å². The summed E-state index contributed by atoms with van der Waals surface area (Å²) in [6.07, 6.45) is 0.128. The van der Waals surface area contributed by atoms with Crippen molar-refractivity contribution in [1.29, 1.82) is 0 Å². The first-order chi connectivity index (χ1) is 15.0. The number of hydrogen-bond donors (Lipinski definition) is 3. The summed E-state index contributed by atoms with van der Waals surface area (Å²) < 4.78 is 5.41. The quantitative estimate of drug-likeness (QED) is 0.497. The van der Waals surface area contributed by atoms with Gasteiger partial charge in [-0.2, -0.15) is 0 Å². The van der Waals surface area contributed by atoms with Crippen LogP contribution in [-0.4, -0.2) is 37.4 Å². The average molecular weight is 419 g/mol. The van der Waals surface area contributed by atoms with E-state index in [0.29, 0.717) is 23.5 Å². The summed E-state index contributed by atoms with van der Waals surface area (Å²) in [4.78, 5) is 36.0. The highest BCUT2D eigenvalue weighted by atomic mass is 16.5. The third kappa shape index (κ3) is 6.57. The second-order valence-corrected chi connectivity index (χ2v) is 6.89. The molecule has 0 aliphatic heterocycles. The van der Waals surface area contributed by atoms with Crippen LogP contribution < -0.4 is 20.7 Å². The monoisotopic (exact) mass is 419 g/mol. The van der Waals surface area contributed by atoms with E-state index in [1.165, 1.54) is 0 Å². The molecular formula is C24H25N3O4. The summed E-state index contributed by atoms with van der Waals surface area (Å²) in [6.45, 7) is 2.49. The number of anilines is 1. The van der Waals surface area contributed by atoms with E-state index in [0.717, 1.165) is 10.8 Å². The van der Waals surface area contributed by atoms with Crippen LogP contribution >= 0.6 is 0 Å². The van der Waals surface area contributed by atoms with Gasteiger partial charge in [-0.25, -0.2) is 0 Å². The largest absolute Gasteiger partial charge is 0.484 e. The van der Waals surface area contributed by atoms with Gasteiger partial charge in [0.05, 0.1) is 0 Å². The number of nitrogens with one attached hydrogen (secondary N) is 3. The fourth-order valence-electron chi connectivity index (χ4n) is 3.01. The van der Waals surface area contributed by atoms with Gasteiger partial charge in [-0.15, -0.1) is 0 Å². The Kier molecular flexibility index (Phi) is 7.59. The first-order valence-corrected chi connectivity index (χ1v) is 10.1. The van der Waals surface area contributed by atoms with E-state index in [2.05, 4.69) is 16.0 Å². The Hall–Kier alpha value is -3.87. The van der Waals surface area contributed by atoms with Gasteiger partial charge in [0.25, 0.3) is 11.8 Å². The predicted octanol–water partition coefficient (Wildman–Crippen LogP) is 3.11. The fourth-order valence-corrected chi connectivity index (χ4v) is 3.01. The molecule has 3 N–H and O–H groups in total. The van der Waals surface area contributed by atoms with Crippen molar-refractivity contribution in [2.45, 2.75) is 13.3 Å². The molecule has 0 atom stereocenters. The summed E-state index contributed by atoms with van der Waals surface area (Å²) in [5.74, 6) is -0.188.